The predicted molar refractivity (Wildman–Crippen MR) is 92.7 cm³/mol. The summed E-state index contributed by atoms with van der Waals surface area (Å²) in [6, 6.07) is 0.770. The Morgan fingerprint density at radius 3 is 2.33 bits per heavy atom. The van der Waals surface area contributed by atoms with Crippen molar-refractivity contribution in [2.45, 2.75) is 77.7 Å². The lowest BCUT2D eigenvalue weighted by atomic mass is 9.76. The lowest BCUT2D eigenvalue weighted by Crippen LogP contribution is -2.45. The summed E-state index contributed by atoms with van der Waals surface area (Å²) in [5, 5.41) is 3.76. The Morgan fingerprint density at radius 1 is 0.905 bits per heavy atom. The number of nitrogens with one attached hydrogen (secondary N) is 1. The largest absolute Gasteiger partial charge is 0.314 e. The second-order valence-electron chi connectivity index (χ2n) is 7.74. The molecule has 21 heavy (non-hydrogen) atoms. The molecule has 2 aliphatic rings. The van der Waals surface area contributed by atoms with Gasteiger partial charge in [-0.1, -0.05) is 39.5 Å². The second kappa shape index (κ2) is 9.15. The smallest absolute Gasteiger partial charge is 0.0108 e. The Bertz CT molecular complexity index is 273. The molecule has 3 atom stereocenters. The van der Waals surface area contributed by atoms with Crippen molar-refractivity contribution in [2.24, 2.45) is 17.8 Å². The third-order valence-electron chi connectivity index (χ3n) is 5.98. The lowest BCUT2D eigenvalue weighted by molar-refractivity contribution is 0.136. The lowest BCUT2D eigenvalue weighted by Gasteiger charge is -2.39. The average molecular weight is 295 g/mol. The first-order valence-corrected chi connectivity index (χ1v) is 9.64. The maximum absolute atomic E-state index is 3.76. The van der Waals surface area contributed by atoms with Gasteiger partial charge in [0.1, 0.15) is 0 Å². The van der Waals surface area contributed by atoms with Crippen LogP contribution in [0.15, 0.2) is 0 Å². The predicted octanol–water partition coefficient (Wildman–Crippen LogP) is 4.30. The summed E-state index contributed by atoms with van der Waals surface area (Å²) in [6.45, 7) is 8.41. The number of nitrogens with zero attached hydrogens (tertiary/aromatic N) is 1. The van der Waals surface area contributed by atoms with Gasteiger partial charge in [0.05, 0.1) is 0 Å². The molecule has 3 unspecified atom stereocenters. The Hall–Kier alpha value is -0.0800. The van der Waals surface area contributed by atoms with E-state index in [1.807, 2.05) is 0 Å². The van der Waals surface area contributed by atoms with Crippen molar-refractivity contribution in [1.29, 1.82) is 0 Å². The standard InChI is InChI=1S/C19H38N2/c1-4-16-11-12-19(20-5-2)18(13-16)15-21(3)14-17-9-7-6-8-10-17/h16-20H,4-15H2,1-3H3. The fraction of sp³-hybridized carbons (Fsp3) is 1.00. The molecule has 0 aromatic heterocycles. The fourth-order valence-electron chi connectivity index (χ4n) is 4.75. The van der Waals surface area contributed by atoms with Crippen molar-refractivity contribution >= 4 is 0 Å². The van der Waals surface area contributed by atoms with Crippen LogP contribution in [0, 0.1) is 17.8 Å². The summed E-state index contributed by atoms with van der Waals surface area (Å²) in [7, 11) is 2.37. The molecule has 124 valence electrons. The molecule has 0 radical (unpaired) electrons. The van der Waals surface area contributed by atoms with Crippen LogP contribution in [0.5, 0.6) is 0 Å². The first-order chi connectivity index (χ1) is 10.2. The van der Waals surface area contributed by atoms with E-state index in [1.54, 1.807) is 0 Å². The molecule has 0 aliphatic heterocycles. The van der Waals surface area contributed by atoms with Crippen LogP contribution in [0.4, 0.5) is 0 Å². The first kappa shape index (κ1) is 17.3. The minimum absolute atomic E-state index is 0.770. The van der Waals surface area contributed by atoms with E-state index < -0.39 is 0 Å². The molecule has 2 fully saturated rings. The van der Waals surface area contributed by atoms with Gasteiger partial charge in [0.15, 0.2) is 0 Å². The molecular weight excluding hydrogens is 256 g/mol. The molecule has 2 heteroatoms. The Kier molecular flexibility index (Phi) is 7.53. The first-order valence-electron chi connectivity index (χ1n) is 9.64. The van der Waals surface area contributed by atoms with Crippen molar-refractivity contribution in [3.8, 4) is 0 Å². The van der Waals surface area contributed by atoms with Gasteiger partial charge in [0.2, 0.25) is 0 Å². The van der Waals surface area contributed by atoms with E-state index in [2.05, 4.69) is 31.1 Å². The van der Waals surface area contributed by atoms with Gasteiger partial charge in [-0.3, -0.25) is 0 Å². The van der Waals surface area contributed by atoms with Crippen LogP contribution < -0.4 is 5.32 Å². The molecule has 2 nitrogen and oxygen atoms in total. The van der Waals surface area contributed by atoms with Gasteiger partial charge >= 0.3 is 0 Å². The fourth-order valence-corrected chi connectivity index (χ4v) is 4.75. The Balaban J connectivity index is 1.81. The number of rotatable bonds is 7. The summed E-state index contributed by atoms with van der Waals surface area (Å²) in [6.07, 6.45) is 13.0. The second-order valence-corrected chi connectivity index (χ2v) is 7.74. The number of hydrogen-bond acceptors (Lipinski definition) is 2. The van der Waals surface area contributed by atoms with Gasteiger partial charge in [0.25, 0.3) is 0 Å². The zero-order valence-corrected chi connectivity index (χ0v) is 14.7. The SMILES string of the molecule is CCNC1CCC(CC)CC1CN(C)CC1CCCCC1. The number of hydrogen-bond donors (Lipinski definition) is 1. The van der Waals surface area contributed by atoms with E-state index in [0.29, 0.717) is 0 Å². The zero-order valence-electron chi connectivity index (χ0n) is 14.7. The van der Waals surface area contributed by atoms with Gasteiger partial charge in [0, 0.05) is 19.1 Å². The normalized spacial score (nSPS) is 31.7. The molecule has 0 heterocycles. The van der Waals surface area contributed by atoms with Gasteiger partial charge in [-0.25, -0.2) is 0 Å². The molecule has 2 aliphatic carbocycles. The van der Waals surface area contributed by atoms with E-state index in [1.165, 1.54) is 70.9 Å². The van der Waals surface area contributed by atoms with Crippen LogP contribution in [0.2, 0.25) is 0 Å². The summed E-state index contributed by atoms with van der Waals surface area (Å²) in [5.74, 6) is 2.83. The van der Waals surface area contributed by atoms with Crippen LogP contribution >= 0.6 is 0 Å². The monoisotopic (exact) mass is 294 g/mol. The van der Waals surface area contributed by atoms with Crippen molar-refractivity contribution in [1.82, 2.24) is 10.2 Å². The molecule has 0 aromatic rings. The minimum atomic E-state index is 0.770. The van der Waals surface area contributed by atoms with Crippen molar-refractivity contribution in [2.75, 3.05) is 26.7 Å². The quantitative estimate of drug-likeness (QED) is 0.753. The minimum Gasteiger partial charge on any atom is -0.314 e. The maximum Gasteiger partial charge on any atom is 0.0108 e. The van der Waals surface area contributed by atoms with E-state index in [9.17, 15) is 0 Å². The summed E-state index contributed by atoms with van der Waals surface area (Å²) >= 11 is 0. The third kappa shape index (κ3) is 5.56. The highest BCUT2D eigenvalue weighted by atomic mass is 15.1. The molecule has 0 bridgehead atoms. The van der Waals surface area contributed by atoms with E-state index in [4.69, 9.17) is 0 Å². The van der Waals surface area contributed by atoms with Crippen LogP contribution in [0.25, 0.3) is 0 Å². The molecule has 2 rings (SSSR count). The van der Waals surface area contributed by atoms with Gasteiger partial charge in [-0.2, -0.15) is 0 Å². The summed E-state index contributed by atoms with van der Waals surface area (Å²) < 4.78 is 0. The molecule has 0 amide bonds. The highest BCUT2D eigenvalue weighted by molar-refractivity contribution is 4.86. The van der Waals surface area contributed by atoms with Crippen LogP contribution in [0.3, 0.4) is 0 Å². The molecule has 0 saturated heterocycles. The molecule has 2 saturated carbocycles. The molecule has 0 aromatic carbocycles. The van der Waals surface area contributed by atoms with Gasteiger partial charge in [-0.15, -0.1) is 0 Å². The topological polar surface area (TPSA) is 15.3 Å². The van der Waals surface area contributed by atoms with Crippen molar-refractivity contribution < 1.29 is 0 Å². The highest BCUT2D eigenvalue weighted by Gasteiger charge is 2.30. The van der Waals surface area contributed by atoms with Crippen LogP contribution in [-0.4, -0.2) is 37.6 Å². The van der Waals surface area contributed by atoms with Gasteiger partial charge in [-0.05, 0) is 63.5 Å². The maximum atomic E-state index is 3.76. The molecule has 1 N–H and O–H groups in total. The zero-order chi connectivity index (χ0) is 15.1. The van der Waals surface area contributed by atoms with E-state index >= 15 is 0 Å². The van der Waals surface area contributed by atoms with Crippen LogP contribution in [-0.2, 0) is 0 Å². The van der Waals surface area contributed by atoms with Crippen LogP contribution in [0.1, 0.15) is 71.6 Å². The summed E-state index contributed by atoms with van der Waals surface area (Å²) in [4.78, 5) is 2.66. The highest BCUT2D eigenvalue weighted by Crippen LogP contribution is 2.32. The van der Waals surface area contributed by atoms with E-state index in [-0.39, 0.29) is 0 Å². The van der Waals surface area contributed by atoms with E-state index in [0.717, 1.165) is 30.3 Å². The Labute approximate surface area is 133 Å². The Morgan fingerprint density at radius 2 is 1.67 bits per heavy atom. The average Bonchev–Trinajstić information content (AvgIpc) is 2.50. The van der Waals surface area contributed by atoms with Gasteiger partial charge < -0.3 is 10.2 Å². The molecule has 0 spiro atoms. The van der Waals surface area contributed by atoms with Crippen molar-refractivity contribution in [3.63, 3.8) is 0 Å². The molecular formula is C19H38N2. The summed E-state index contributed by atoms with van der Waals surface area (Å²) in [5.41, 5.74) is 0. The van der Waals surface area contributed by atoms with Crippen molar-refractivity contribution in [3.05, 3.63) is 0 Å². The third-order valence-corrected chi connectivity index (χ3v) is 5.98.